The van der Waals surface area contributed by atoms with E-state index in [1.165, 1.54) is 0 Å². The van der Waals surface area contributed by atoms with Crippen LogP contribution < -0.4 is 4.90 Å². The van der Waals surface area contributed by atoms with E-state index in [1.54, 1.807) is 18.2 Å². The Morgan fingerprint density at radius 1 is 1.25 bits per heavy atom. The van der Waals surface area contributed by atoms with Crippen molar-refractivity contribution >= 4 is 12.0 Å². The van der Waals surface area contributed by atoms with Crippen molar-refractivity contribution in [1.82, 2.24) is 0 Å². The number of anilines is 1. The summed E-state index contributed by atoms with van der Waals surface area (Å²) >= 11 is 0. The molecule has 0 amide bonds. The zero-order chi connectivity index (χ0) is 11.6. The second kappa shape index (κ2) is 4.20. The Bertz CT molecular complexity index is 382. The normalized spacial score (nSPS) is 19.5. The van der Waals surface area contributed by atoms with Gasteiger partial charge in [-0.05, 0) is 12.1 Å². The number of rotatable bonds is 2. The van der Waals surface area contributed by atoms with Gasteiger partial charge in [0, 0.05) is 37.2 Å². The summed E-state index contributed by atoms with van der Waals surface area (Å²) in [5.41, 5.74) is 1.43. The van der Waals surface area contributed by atoms with Gasteiger partial charge >= 0.3 is 0 Å². The van der Waals surface area contributed by atoms with Crippen LogP contribution in [0.2, 0.25) is 0 Å². The zero-order valence-electron chi connectivity index (χ0n) is 8.83. The fourth-order valence-corrected chi connectivity index (χ4v) is 1.89. The van der Waals surface area contributed by atoms with Gasteiger partial charge in [-0.1, -0.05) is 12.1 Å². The second-order valence-corrected chi connectivity index (χ2v) is 4.06. The van der Waals surface area contributed by atoms with Crippen LogP contribution >= 0.6 is 0 Å². The van der Waals surface area contributed by atoms with Crippen LogP contribution in [-0.2, 0) is 0 Å². The van der Waals surface area contributed by atoms with Gasteiger partial charge in [-0.25, -0.2) is 8.78 Å². The van der Waals surface area contributed by atoms with Gasteiger partial charge in [-0.2, -0.15) is 0 Å². The highest BCUT2D eigenvalue weighted by Gasteiger charge is 2.33. The lowest BCUT2D eigenvalue weighted by atomic mass is 10.1. The highest BCUT2D eigenvalue weighted by molar-refractivity contribution is 5.77. The Hall–Kier alpha value is -1.45. The molecule has 0 spiro atoms. The molecule has 0 bridgehead atoms. The fraction of sp³-hybridized carbons (Fsp3) is 0.417. The van der Waals surface area contributed by atoms with Gasteiger partial charge in [-0.15, -0.1) is 0 Å². The maximum atomic E-state index is 13.0. The number of piperidine rings is 1. The van der Waals surface area contributed by atoms with Crippen LogP contribution in [0.25, 0.3) is 0 Å². The van der Waals surface area contributed by atoms with Gasteiger partial charge in [0.05, 0.1) is 0 Å². The highest BCUT2D eigenvalue weighted by Crippen LogP contribution is 2.30. The predicted octanol–water partition coefficient (Wildman–Crippen LogP) is 2.73. The second-order valence-electron chi connectivity index (χ2n) is 4.06. The first-order valence-corrected chi connectivity index (χ1v) is 5.29. The quantitative estimate of drug-likeness (QED) is 0.721. The number of halogens is 2. The largest absolute Gasteiger partial charge is 0.371 e. The lowest BCUT2D eigenvalue weighted by Gasteiger charge is -2.33. The van der Waals surface area contributed by atoms with Crippen molar-refractivity contribution in [3.8, 4) is 0 Å². The van der Waals surface area contributed by atoms with Gasteiger partial charge in [-0.3, -0.25) is 4.79 Å². The minimum Gasteiger partial charge on any atom is -0.371 e. The van der Waals surface area contributed by atoms with Crippen LogP contribution in [0.15, 0.2) is 24.3 Å². The number of hydrogen-bond donors (Lipinski definition) is 0. The number of nitrogens with zero attached hydrogens (tertiary/aromatic N) is 1. The zero-order valence-corrected chi connectivity index (χ0v) is 8.83. The summed E-state index contributed by atoms with van der Waals surface area (Å²) in [6.45, 7) is 0.685. The number of carbonyl (C=O) groups excluding carboxylic acids is 1. The minimum absolute atomic E-state index is 0.113. The van der Waals surface area contributed by atoms with Crippen molar-refractivity contribution in [1.29, 1.82) is 0 Å². The molecule has 0 N–H and O–H groups in total. The van der Waals surface area contributed by atoms with Crippen LogP contribution in [0.5, 0.6) is 0 Å². The molecule has 1 aliphatic heterocycles. The highest BCUT2D eigenvalue weighted by atomic mass is 19.3. The van der Waals surface area contributed by atoms with E-state index in [0.29, 0.717) is 18.7 Å². The molecule has 1 aliphatic rings. The summed E-state index contributed by atoms with van der Waals surface area (Å²) in [7, 11) is 0. The predicted molar refractivity (Wildman–Crippen MR) is 58.2 cm³/mol. The number of alkyl halides is 2. The monoisotopic (exact) mass is 225 g/mol. The molecule has 0 saturated carbocycles. The molecule has 1 saturated heterocycles. The Labute approximate surface area is 92.9 Å². The van der Waals surface area contributed by atoms with E-state index in [4.69, 9.17) is 0 Å². The first kappa shape index (κ1) is 11.0. The van der Waals surface area contributed by atoms with Crippen LogP contribution in [0, 0.1) is 0 Å². The first-order chi connectivity index (χ1) is 7.61. The van der Waals surface area contributed by atoms with E-state index >= 15 is 0 Å². The molecule has 1 aromatic carbocycles. The van der Waals surface area contributed by atoms with E-state index in [9.17, 15) is 13.6 Å². The first-order valence-electron chi connectivity index (χ1n) is 5.29. The van der Waals surface area contributed by atoms with Crippen LogP contribution in [0.4, 0.5) is 14.5 Å². The van der Waals surface area contributed by atoms with Gasteiger partial charge in [0.2, 0.25) is 0 Å². The summed E-state index contributed by atoms with van der Waals surface area (Å²) in [4.78, 5) is 12.5. The third kappa shape index (κ3) is 2.38. The van der Waals surface area contributed by atoms with Crippen molar-refractivity contribution in [3.05, 3.63) is 29.8 Å². The number of aldehydes is 1. The maximum absolute atomic E-state index is 13.0. The summed E-state index contributed by atoms with van der Waals surface area (Å²) in [6.07, 6.45) is 0.540. The molecule has 2 nitrogen and oxygen atoms in total. The van der Waals surface area contributed by atoms with Gasteiger partial charge in [0.25, 0.3) is 5.92 Å². The van der Waals surface area contributed by atoms with Gasteiger partial charge in [0.1, 0.15) is 6.29 Å². The van der Waals surface area contributed by atoms with Crippen molar-refractivity contribution in [2.45, 2.75) is 18.8 Å². The molecule has 0 aromatic heterocycles. The van der Waals surface area contributed by atoms with Crippen molar-refractivity contribution in [2.75, 3.05) is 18.0 Å². The Morgan fingerprint density at radius 2 is 1.94 bits per heavy atom. The van der Waals surface area contributed by atoms with Crippen molar-refractivity contribution in [2.24, 2.45) is 0 Å². The molecule has 0 radical (unpaired) electrons. The molecular weight excluding hydrogens is 212 g/mol. The van der Waals surface area contributed by atoms with Crippen molar-refractivity contribution < 1.29 is 13.6 Å². The number of hydrogen-bond acceptors (Lipinski definition) is 2. The van der Waals surface area contributed by atoms with Crippen LogP contribution in [-0.4, -0.2) is 25.3 Å². The standard InChI is InChI=1S/C12H13F2NO/c13-12(14)4-6-15(7-5-12)11-3-1-2-10(8-11)9-16/h1-3,8-9H,4-7H2. The number of carbonyl (C=O) groups is 1. The van der Waals surface area contributed by atoms with Gasteiger partial charge in [0.15, 0.2) is 0 Å². The summed E-state index contributed by atoms with van der Waals surface area (Å²) in [6, 6.07) is 7.05. The molecule has 1 heterocycles. The molecule has 0 aliphatic carbocycles. The van der Waals surface area contributed by atoms with E-state index < -0.39 is 5.92 Å². The lowest BCUT2D eigenvalue weighted by molar-refractivity contribution is -0.0220. The van der Waals surface area contributed by atoms with Crippen molar-refractivity contribution in [3.63, 3.8) is 0 Å². The molecule has 4 heteroatoms. The minimum atomic E-state index is -2.53. The maximum Gasteiger partial charge on any atom is 0.251 e. The van der Waals surface area contributed by atoms with Crippen LogP contribution in [0.3, 0.4) is 0 Å². The molecule has 0 atom stereocenters. The summed E-state index contributed by atoms with van der Waals surface area (Å²) in [5, 5.41) is 0. The van der Waals surface area contributed by atoms with E-state index in [0.717, 1.165) is 12.0 Å². The summed E-state index contributed by atoms with van der Waals surface area (Å²) in [5.74, 6) is -2.53. The molecule has 2 rings (SSSR count). The third-order valence-electron chi connectivity index (χ3n) is 2.87. The molecule has 86 valence electrons. The molecule has 16 heavy (non-hydrogen) atoms. The van der Waals surface area contributed by atoms with E-state index in [2.05, 4.69) is 0 Å². The van der Waals surface area contributed by atoms with Crippen LogP contribution in [0.1, 0.15) is 23.2 Å². The third-order valence-corrected chi connectivity index (χ3v) is 2.87. The summed E-state index contributed by atoms with van der Waals surface area (Å²) < 4.78 is 25.9. The van der Waals surface area contributed by atoms with E-state index in [-0.39, 0.29) is 12.8 Å². The lowest BCUT2D eigenvalue weighted by Crippen LogP contribution is -2.39. The Morgan fingerprint density at radius 3 is 2.56 bits per heavy atom. The van der Waals surface area contributed by atoms with E-state index in [1.807, 2.05) is 11.0 Å². The SMILES string of the molecule is O=Cc1cccc(N2CCC(F)(F)CC2)c1. The average Bonchev–Trinajstić information content (AvgIpc) is 2.29. The average molecular weight is 225 g/mol. The molecular formula is C12H13F2NO. The smallest absolute Gasteiger partial charge is 0.251 e. The van der Waals surface area contributed by atoms with Gasteiger partial charge < -0.3 is 4.90 Å². The fourth-order valence-electron chi connectivity index (χ4n) is 1.89. The topological polar surface area (TPSA) is 20.3 Å². The molecule has 0 unspecified atom stereocenters. The Balaban J connectivity index is 2.11. The Kier molecular flexibility index (Phi) is 2.90. The number of benzene rings is 1. The molecule has 1 aromatic rings. The molecule has 1 fully saturated rings.